The number of para-hydroxylation sites is 1. The first-order chi connectivity index (χ1) is 25.5. The first-order valence-electron chi connectivity index (χ1n) is 18.2. The number of nitrogens with one attached hydrogen (secondary N) is 3. The summed E-state index contributed by atoms with van der Waals surface area (Å²) in [5.74, 6) is -1.92. The Bertz CT molecular complexity index is 1740. The second-order valence-corrected chi connectivity index (χ2v) is 16.7. The van der Waals surface area contributed by atoms with Gasteiger partial charge in [-0.3, -0.25) is 29.0 Å². The van der Waals surface area contributed by atoms with Crippen molar-refractivity contribution in [3.05, 3.63) is 95.3 Å². The number of nitrogens with zero attached hydrogens (tertiary/aromatic N) is 2. The zero-order valence-electron chi connectivity index (χ0n) is 32.3. The van der Waals surface area contributed by atoms with Gasteiger partial charge in [-0.05, 0) is 89.6 Å². The smallest absolute Gasteiger partial charge is 0.307 e. The predicted molar refractivity (Wildman–Crippen MR) is 209 cm³/mol. The van der Waals surface area contributed by atoms with E-state index in [0.717, 1.165) is 22.3 Å². The van der Waals surface area contributed by atoms with Gasteiger partial charge in [0.2, 0.25) is 17.9 Å². The Hall–Kier alpha value is -4.91. The van der Waals surface area contributed by atoms with Gasteiger partial charge < -0.3 is 30.3 Å². The lowest BCUT2D eigenvalue weighted by atomic mass is 9.96. The maximum atomic E-state index is 14.7. The van der Waals surface area contributed by atoms with Crippen molar-refractivity contribution >= 4 is 41.4 Å². The minimum Gasteiger partial charge on any atom is -0.483 e. The highest BCUT2D eigenvalue weighted by Gasteiger charge is 2.51. The lowest BCUT2D eigenvalue weighted by Gasteiger charge is -2.36. The first-order valence-corrected chi connectivity index (χ1v) is 19.2. The molecule has 4 rings (SSSR count). The summed E-state index contributed by atoms with van der Waals surface area (Å²) < 4.78 is 11.2. The van der Waals surface area contributed by atoms with Crippen LogP contribution in [0.25, 0.3) is 0 Å². The number of carbonyl (C=O) groups is 5. The molecule has 12 nitrogen and oxygen atoms in total. The number of thioether (sulfide) groups is 1. The molecule has 0 saturated carbocycles. The van der Waals surface area contributed by atoms with Gasteiger partial charge in [-0.15, -0.1) is 11.8 Å². The third-order valence-corrected chi connectivity index (χ3v) is 10.2. The van der Waals surface area contributed by atoms with E-state index in [-0.39, 0.29) is 43.6 Å². The number of hydrogen-bond donors (Lipinski definition) is 3. The van der Waals surface area contributed by atoms with E-state index in [0.29, 0.717) is 18.7 Å². The van der Waals surface area contributed by atoms with E-state index in [1.54, 1.807) is 12.4 Å². The molecular weight excluding hydrogens is 707 g/mol. The van der Waals surface area contributed by atoms with E-state index >= 15 is 0 Å². The lowest BCUT2D eigenvalue weighted by molar-refractivity contribution is -0.164. The average Bonchev–Trinajstić information content (AvgIpc) is 3.44. The molecule has 1 aliphatic heterocycles. The fourth-order valence-corrected chi connectivity index (χ4v) is 7.37. The lowest BCUT2D eigenvalue weighted by Crippen LogP contribution is -2.61. The Kier molecular flexibility index (Phi) is 14.7. The Morgan fingerprint density at radius 1 is 0.926 bits per heavy atom. The Labute approximate surface area is 322 Å². The van der Waals surface area contributed by atoms with E-state index in [4.69, 9.17) is 9.47 Å². The topological polar surface area (TPSA) is 156 Å². The van der Waals surface area contributed by atoms with Crippen LogP contribution in [0.1, 0.15) is 69.7 Å². The van der Waals surface area contributed by atoms with Crippen LogP contribution in [0.15, 0.2) is 73.1 Å². The number of ether oxygens (including phenoxy) is 2. The molecule has 1 aliphatic rings. The standard InChI is InChI=1S/C41H53N5O7S/c1-27-13-11-14-28(2)35(27)52-25-33(48)44-31(23-29-15-9-8-10-16-29)36(39(51)46-26-54-41(6,7)37(46)38(50)45-40(3,4)5)53-34(49)19-18-32(47)43-22-20-30-17-12-21-42-24-30/h8-17,21,24,31,36-37H,18-20,22-23,25-26H2,1-7H3,(H,43,47)(H,44,48)(H,45,50)/t31-,36-,37+/m0/s1. The van der Waals surface area contributed by atoms with E-state index in [1.165, 1.54) is 16.7 Å². The Morgan fingerprint density at radius 2 is 1.61 bits per heavy atom. The van der Waals surface area contributed by atoms with Crippen LogP contribution in [0.5, 0.6) is 5.75 Å². The highest BCUT2D eigenvalue weighted by molar-refractivity contribution is 8.00. The van der Waals surface area contributed by atoms with Crippen molar-refractivity contribution in [2.75, 3.05) is 19.0 Å². The number of amides is 4. The third-order valence-electron chi connectivity index (χ3n) is 8.86. The first kappa shape index (κ1) is 41.8. The third kappa shape index (κ3) is 12.3. The number of rotatable bonds is 16. The Balaban J connectivity index is 1.59. The molecular formula is C41H53N5O7S. The van der Waals surface area contributed by atoms with Gasteiger partial charge in [-0.1, -0.05) is 54.6 Å². The molecule has 1 aromatic heterocycles. The second-order valence-electron chi connectivity index (χ2n) is 15.1. The summed E-state index contributed by atoms with van der Waals surface area (Å²) in [6.45, 7) is 13.1. The zero-order valence-corrected chi connectivity index (χ0v) is 33.1. The molecule has 0 aliphatic carbocycles. The van der Waals surface area contributed by atoms with Crippen LogP contribution in [0, 0.1) is 13.8 Å². The number of esters is 1. The van der Waals surface area contributed by atoms with Crippen LogP contribution < -0.4 is 20.7 Å². The van der Waals surface area contributed by atoms with Crippen LogP contribution in [-0.4, -0.2) is 87.0 Å². The molecule has 1 saturated heterocycles. The molecule has 13 heteroatoms. The van der Waals surface area contributed by atoms with Gasteiger partial charge in [0.05, 0.1) is 18.3 Å². The van der Waals surface area contributed by atoms with Gasteiger partial charge in [0.25, 0.3) is 11.8 Å². The summed E-state index contributed by atoms with van der Waals surface area (Å²) in [4.78, 5) is 73.8. The summed E-state index contributed by atoms with van der Waals surface area (Å²) >= 11 is 1.43. The molecule has 3 aromatic rings. The van der Waals surface area contributed by atoms with Gasteiger partial charge in [0.1, 0.15) is 11.8 Å². The maximum absolute atomic E-state index is 14.7. The van der Waals surface area contributed by atoms with Crippen molar-refractivity contribution in [1.82, 2.24) is 25.8 Å². The van der Waals surface area contributed by atoms with E-state index in [9.17, 15) is 24.0 Å². The second kappa shape index (κ2) is 18.9. The van der Waals surface area contributed by atoms with Crippen LogP contribution in [0.2, 0.25) is 0 Å². The highest BCUT2D eigenvalue weighted by Crippen LogP contribution is 2.40. The van der Waals surface area contributed by atoms with Crippen molar-refractivity contribution in [1.29, 1.82) is 0 Å². The zero-order chi connectivity index (χ0) is 39.5. The predicted octanol–water partition coefficient (Wildman–Crippen LogP) is 4.45. The molecule has 0 unspecified atom stereocenters. The van der Waals surface area contributed by atoms with Gasteiger partial charge in [0.15, 0.2) is 6.61 Å². The number of aromatic nitrogens is 1. The monoisotopic (exact) mass is 759 g/mol. The molecule has 3 atom stereocenters. The van der Waals surface area contributed by atoms with Gasteiger partial charge in [-0.25, -0.2) is 0 Å². The van der Waals surface area contributed by atoms with Crippen molar-refractivity contribution in [3.8, 4) is 5.75 Å². The number of carbonyl (C=O) groups excluding carboxylic acids is 5. The van der Waals surface area contributed by atoms with Crippen molar-refractivity contribution in [2.24, 2.45) is 0 Å². The van der Waals surface area contributed by atoms with Crippen molar-refractivity contribution < 1.29 is 33.4 Å². The summed E-state index contributed by atoms with van der Waals surface area (Å²) in [5.41, 5.74) is 2.89. The number of pyridine rings is 1. The maximum Gasteiger partial charge on any atom is 0.307 e. The van der Waals surface area contributed by atoms with Crippen LogP contribution in [0.3, 0.4) is 0 Å². The number of hydrogen-bond acceptors (Lipinski definition) is 9. The molecule has 1 fully saturated rings. The Morgan fingerprint density at radius 3 is 2.26 bits per heavy atom. The highest BCUT2D eigenvalue weighted by atomic mass is 32.2. The molecule has 3 N–H and O–H groups in total. The normalized spacial score (nSPS) is 16.1. The molecule has 0 spiro atoms. The summed E-state index contributed by atoms with van der Waals surface area (Å²) in [7, 11) is 0. The molecule has 4 amide bonds. The summed E-state index contributed by atoms with van der Waals surface area (Å²) in [6.07, 6.45) is 2.08. The SMILES string of the molecule is Cc1cccc(C)c1OCC(=O)N[C@@H](Cc1ccccc1)[C@H](OC(=O)CCC(=O)NCCc1cccnc1)C(=O)N1CSC(C)(C)[C@H]1C(=O)NC(C)(C)C. The van der Waals surface area contributed by atoms with E-state index in [2.05, 4.69) is 20.9 Å². The average molecular weight is 760 g/mol. The number of aryl methyl sites for hydroxylation is 2. The van der Waals surface area contributed by atoms with E-state index in [1.807, 2.05) is 109 Å². The largest absolute Gasteiger partial charge is 0.483 e. The molecule has 0 bridgehead atoms. The van der Waals surface area contributed by atoms with Crippen LogP contribution >= 0.6 is 11.8 Å². The fourth-order valence-electron chi connectivity index (χ4n) is 6.23. The minimum absolute atomic E-state index is 0.123. The minimum atomic E-state index is -1.53. The summed E-state index contributed by atoms with van der Waals surface area (Å²) in [6, 6.07) is 16.7. The number of benzene rings is 2. The van der Waals surface area contributed by atoms with Gasteiger partial charge in [-0.2, -0.15) is 0 Å². The quantitative estimate of drug-likeness (QED) is 0.180. The molecule has 2 aromatic carbocycles. The fraction of sp³-hybridized carbons (Fsp3) is 0.463. The van der Waals surface area contributed by atoms with Crippen LogP contribution in [0.4, 0.5) is 0 Å². The van der Waals surface area contributed by atoms with Crippen LogP contribution in [-0.2, 0) is 41.6 Å². The molecule has 2 heterocycles. The van der Waals surface area contributed by atoms with Gasteiger partial charge in [0, 0.05) is 35.6 Å². The van der Waals surface area contributed by atoms with Crippen molar-refractivity contribution in [3.63, 3.8) is 0 Å². The van der Waals surface area contributed by atoms with Crippen molar-refractivity contribution in [2.45, 2.75) is 103 Å². The van der Waals surface area contributed by atoms with E-state index < -0.39 is 46.3 Å². The molecule has 0 radical (unpaired) electrons. The molecule has 54 heavy (non-hydrogen) atoms. The summed E-state index contributed by atoms with van der Waals surface area (Å²) in [5, 5.41) is 8.71. The molecule has 290 valence electrons. The van der Waals surface area contributed by atoms with Gasteiger partial charge >= 0.3 is 5.97 Å².